The van der Waals surface area contributed by atoms with Crippen LogP contribution in [0.25, 0.3) is 16.3 Å². The third kappa shape index (κ3) is 5.55. The quantitative estimate of drug-likeness (QED) is 0.313. The standard InChI is InChI=1S/C28H28N6OS/c1-19-16-22(4-3-10-29)17-20(2)25(19)35-27-26-24(9-15-36-26)32-28(33-27)31-23-7-5-21(6-8-23)18-34-13-11-30-12-14-34/h3-9,15-17,30H,11-14,18H2,1-2H3,(H,31,32,33)/b4-3+. The van der Waals surface area contributed by atoms with Crippen LogP contribution in [0.5, 0.6) is 11.6 Å². The molecule has 1 fully saturated rings. The molecule has 8 heteroatoms. The monoisotopic (exact) mass is 496 g/mol. The number of piperazine rings is 1. The first kappa shape index (κ1) is 23.9. The minimum Gasteiger partial charge on any atom is -0.437 e. The number of fused-ring (bicyclic) bond motifs is 1. The van der Waals surface area contributed by atoms with Crippen molar-refractivity contribution >= 4 is 39.3 Å². The molecule has 0 bridgehead atoms. The van der Waals surface area contributed by atoms with Crippen LogP contribution in [0.1, 0.15) is 22.3 Å². The normalized spacial score (nSPS) is 14.2. The maximum atomic E-state index is 8.82. The highest BCUT2D eigenvalue weighted by atomic mass is 32.1. The number of nitrogens with zero attached hydrogens (tertiary/aromatic N) is 4. The number of nitriles is 1. The van der Waals surface area contributed by atoms with Crippen molar-refractivity contribution in [2.45, 2.75) is 20.4 Å². The van der Waals surface area contributed by atoms with Crippen molar-refractivity contribution in [3.63, 3.8) is 0 Å². The van der Waals surface area contributed by atoms with Crippen LogP contribution in [0, 0.1) is 25.2 Å². The first-order chi connectivity index (χ1) is 17.6. The van der Waals surface area contributed by atoms with E-state index in [0.717, 1.165) is 71.1 Å². The van der Waals surface area contributed by atoms with Gasteiger partial charge in [-0.05, 0) is 77.9 Å². The zero-order valence-electron chi connectivity index (χ0n) is 20.4. The van der Waals surface area contributed by atoms with E-state index in [2.05, 4.69) is 39.8 Å². The van der Waals surface area contributed by atoms with Crippen LogP contribution in [-0.2, 0) is 6.54 Å². The van der Waals surface area contributed by atoms with Crippen molar-refractivity contribution in [1.29, 1.82) is 5.26 Å². The van der Waals surface area contributed by atoms with E-state index in [0.29, 0.717) is 11.8 Å². The summed E-state index contributed by atoms with van der Waals surface area (Å²) in [5.74, 6) is 1.79. The molecule has 0 amide bonds. The average molecular weight is 497 g/mol. The van der Waals surface area contributed by atoms with Crippen LogP contribution in [0.4, 0.5) is 11.6 Å². The van der Waals surface area contributed by atoms with Crippen molar-refractivity contribution < 1.29 is 4.74 Å². The number of nitrogens with one attached hydrogen (secondary N) is 2. The summed E-state index contributed by atoms with van der Waals surface area (Å²) in [5.41, 5.74) is 5.98. The lowest BCUT2D eigenvalue weighted by atomic mass is 10.1. The number of anilines is 2. The Morgan fingerprint density at radius 2 is 1.86 bits per heavy atom. The van der Waals surface area contributed by atoms with E-state index in [9.17, 15) is 0 Å². The van der Waals surface area contributed by atoms with Crippen LogP contribution >= 0.6 is 11.3 Å². The minimum absolute atomic E-state index is 0.495. The van der Waals surface area contributed by atoms with E-state index in [1.54, 1.807) is 17.4 Å². The molecule has 0 spiro atoms. The summed E-state index contributed by atoms with van der Waals surface area (Å²) in [6, 6.07) is 16.5. The molecule has 2 aromatic carbocycles. The second-order valence-electron chi connectivity index (χ2n) is 8.88. The maximum absolute atomic E-state index is 8.82. The second-order valence-corrected chi connectivity index (χ2v) is 9.80. The molecule has 7 nitrogen and oxygen atoms in total. The third-order valence-electron chi connectivity index (χ3n) is 6.13. The molecule has 36 heavy (non-hydrogen) atoms. The van der Waals surface area contributed by atoms with Gasteiger partial charge in [-0.25, -0.2) is 4.98 Å². The van der Waals surface area contributed by atoms with Crippen LogP contribution in [0.15, 0.2) is 53.9 Å². The number of rotatable bonds is 7. The Morgan fingerprint density at radius 1 is 1.11 bits per heavy atom. The molecule has 0 saturated carbocycles. The van der Waals surface area contributed by atoms with Gasteiger partial charge < -0.3 is 15.4 Å². The molecule has 5 rings (SSSR count). The highest BCUT2D eigenvalue weighted by Crippen LogP contribution is 2.36. The van der Waals surface area contributed by atoms with Crippen LogP contribution in [0.2, 0.25) is 0 Å². The summed E-state index contributed by atoms with van der Waals surface area (Å²) in [6.07, 6.45) is 3.27. The molecule has 0 unspecified atom stereocenters. The van der Waals surface area contributed by atoms with Crippen LogP contribution < -0.4 is 15.4 Å². The zero-order chi connectivity index (χ0) is 24.9. The second kappa shape index (κ2) is 10.9. The van der Waals surface area contributed by atoms with Gasteiger partial charge in [0.25, 0.3) is 0 Å². The number of aromatic nitrogens is 2. The fourth-order valence-electron chi connectivity index (χ4n) is 4.38. The lowest BCUT2D eigenvalue weighted by molar-refractivity contribution is 0.233. The molecule has 3 heterocycles. The fourth-order valence-corrected chi connectivity index (χ4v) is 5.14. The molecule has 4 aromatic rings. The van der Waals surface area contributed by atoms with Gasteiger partial charge in [-0.15, -0.1) is 11.3 Å². The Balaban J connectivity index is 1.37. The molecule has 0 atom stereocenters. The van der Waals surface area contributed by atoms with Crippen molar-refractivity contribution in [3.8, 4) is 17.7 Å². The Morgan fingerprint density at radius 3 is 2.58 bits per heavy atom. The van der Waals surface area contributed by atoms with Crippen molar-refractivity contribution in [2.24, 2.45) is 0 Å². The fraction of sp³-hybridized carbons (Fsp3) is 0.250. The van der Waals surface area contributed by atoms with E-state index in [1.807, 2.05) is 43.5 Å². The summed E-state index contributed by atoms with van der Waals surface area (Å²) in [6.45, 7) is 9.22. The van der Waals surface area contributed by atoms with Crippen molar-refractivity contribution in [1.82, 2.24) is 20.2 Å². The number of hydrogen-bond acceptors (Lipinski definition) is 8. The Bertz CT molecular complexity index is 1410. The third-order valence-corrected chi connectivity index (χ3v) is 7.02. The lowest BCUT2D eigenvalue weighted by Gasteiger charge is -2.27. The van der Waals surface area contributed by atoms with E-state index >= 15 is 0 Å². The van der Waals surface area contributed by atoms with Crippen molar-refractivity contribution in [3.05, 3.63) is 76.2 Å². The zero-order valence-corrected chi connectivity index (χ0v) is 21.2. The smallest absolute Gasteiger partial charge is 0.242 e. The number of thiophene rings is 1. The molecular formula is C28H28N6OS. The number of ether oxygens (including phenoxy) is 1. The SMILES string of the molecule is Cc1cc(/C=C/C#N)cc(C)c1Oc1nc(Nc2ccc(CN3CCNCC3)cc2)nc2ccsc12. The highest BCUT2D eigenvalue weighted by molar-refractivity contribution is 7.17. The molecule has 1 saturated heterocycles. The van der Waals surface area contributed by atoms with Gasteiger partial charge in [0.2, 0.25) is 11.8 Å². The highest BCUT2D eigenvalue weighted by Gasteiger charge is 2.15. The molecule has 2 N–H and O–H groups in total. The molecule has 0 aliphatic carbocycles. The molecular weight excluding hydrogens is 468 g/mol. The summed E-state index contributed by atoms with van der Waals surface area (Å²) in [4.78, 5) is 11.9. The van der Waals surface area contributed by atoms with Gasteiger partial charge >= 0.3 is 0 Å². The van der Waals surface area contributed by atoms with Gasteiger partial charge in [0, 0.05) is 44.5 Å². The van der Waals surface area contributed by atoms with Gasteiger partial charge in [0.1, 0.15) is 10.4 Å². The van der Waals surface area contributed by atoms with Crippen LogP contribution in [0.3, 0.4) is 0 Å². The summed E-state index contributed by atoms with van der Waals surface area (Å²) in [7, 11) is 0. The van der Waals surface area contributed by atoms with Gasteiger partial charge in [0.15, 0.2) is 0 Å². The summed E-state index contributed by atoms with van der Waals surface area (Å²) >= 11 is 1.56. The van der Waals surface area contributed by atoms with Gasteiger partial charge in [-0.2, -0.15) is 10.2 Å². The Kier molecular flexibility index (Phi) is 7.23. The van der Waals surface area contributed by atoms with Crippen LogP contribution in [-0.4, -0.2) is 41.0 Å². The molecule has 1 aliphatic rings. The van der Waals surface area contributed by atoms with E-state index < -0.39 is 0 Å². The van der Waals surface area contributed by atoms with E-state index in [4.69, 9.17) is 20.0 Å². The van der Waals surface area contributed by atoms with Gasteiger partial charge in [-0.3, -0.25) is 4.90 Å². The number of allylic oxidation sites excluding steroid dienone is 1. The topological polar surface area (TPSA) is 86.1 Å². The molecule has 182 valence electrons. The molecule has 1 aliphatic heterocycles. The number of aryl methyl sites for hydroxylation is 2. The average Bonchev–Trinajstić information content (AvgIpc) is 3.36. The summed E-state index contributed by atoms with van der Waals surface area (Å²) in [5, 5.41) is 17.6. The van der Waals surface area contributed by atoms with E-state index in [1.165, 1.54) is 11.6 Å². The Labute approximate surface area is 215 Å². The van der Waals surface area contributed by atoms with Crippen molar-refractivity contribution in [2.75, 3.05) is 31.5 Å². The largest absolute Gasteiger partial charge is 0.437 e. The predicted molar refractivity (Wildman–Crippen MR) is 146 cm³/mol. The Hall–Kier alpha value is -3.77. The molecule has 2 aromatic heterocycles. The first-order valence-electron chi connectivity index (χ1n) is 12.0. The lowest BCUT2D eigenvalue weighted by Crippen LogP contribution is -2.42. The first-order valence-corrected chi connectivity index (χ1v) is 12.9. The van der Waals surface area contributed by atoms with Gasteiger partial charge in [-0.1, -0.05) is 12.1 Å². The number of benzene rings is 2. The number of hydrogen-bond donors (Lipinski definition) is 2. The minimum atomic E-state index is 0.495. The van der Waals surface area contributed by atoms with Gasteiger partial charge in [0.05, 0.1) is 11.6 Å². The maximum Gasteiger partial charge on any atom is 0.242 e. The van der Waals surface area contributed by atoms with E-state index in [-0.39, 0.29) is 0 Å². The predicted octanol–water partition coefficient (Wildman–Crippen LogP) is 5.79. The summed E-state index contributed by atoms with van der Waals surface area (Å²) < 4.78 is 7.27. The molecule has 0 radical (unpaired) electrons.